The number of likely N-dealkylation sites (tertiary alicyclic amines) is 2. The minimum Gasteiger partial charge on any atom is -0.355 e. The summed E-state index contributed by atoms with van der Waals surface area (Å²) < 4.78 is 0. The summed E-state index contributed by atoms with van der Waals surface area (Å²) in [5.74, 6) is -2.12. The lowest BCUT2D eigenvalue weighted by molar-refractivity contribution is -0.140. The fourth-order valence-electron chi connectivity index (χ4n) is 3.60. The van der Waals surface area contributed by atoms with Crippen LogP contribution in [-0.4, -0.2) is 103 Å². The van der Waals surface area contributed by atoms with Gasteiger partial charge in [0.2, 0.25) is 23.6 Å². The molecule has 12 heteroatoms. The molecule has 4 N–H and O–H groups in total. The second-order valence-corrected chi connectivity index (χ2v) is 8.09. The van der Waals surface area contributed by atoms with Crippen LogP contribution in [0.15, 0.2) is 24.3 Å². The Morgan fingerprint density at radius 1 is 0.794 bits per heavy atom. The number of hydrogen-bond donors (Lipinski definition) is 3. The molecule has 0 saturated carbocycles. The largest absolute Gasteiger partial charge is 0.355 e. The number of nitrogens with zero attached hydrogens (tertiary/aromatic N) is 3. The third-order valence-corrected chi connectivity index (χ3v) is 5.50. The highest BCUT2D eigenvalue weighted by Crippen LogP contribution is 2.17. The van der Waals surface area contributed by atoms with Gasteiger partial charge < -0.3 is 16.4 Å². The van der Waals surface area contributed by atoms with Gasteiger partial charge in [0.05, 0.1) is 12.8 Å². The van der Waals surface area contributed by atoms with E-state index in [2.05, 4.69) is 23.8 Å². The van der Waals surface area contributed by atoms with Crippen molar-refractivity contribution in [2.45, 2.75) is 25.7 Å². The van der Waals surface area contributed by atoms with Crippen LogP contribution in [0.1, 0.15) is 25.7 Å². The van der Waals surface area contributed by atoms with Crippen LogP contribution in [0.3, 0.4) is 0 Å². The van der Waals surface area contributed by atoms with Gasteiger partial charge >= 0.3 is 0 Å². The molecule has 2 rings (SSSR count). The third kappa shape index (κ3) is 7.59. The molecule has 2 aliphatic rings. The predicted molar refractivity (Wildman–Crippen MR) is 122 cm³/mol. The molecule has 2 saturated heterocycles. The maximum absolute atomic E-state index is 12.0. The van der Waals surface area contributed by atoms with Crippen molar-refractivity contribution in [3.63, 3.8) is 0 Å². The zero-order valence-electron chi connectivity index (χ0n) is 19.3. The van der Waals surface area contributed by atoms with Crippen LogP contribution in [0, 0.1) is 0 Å². The molecule has 12 nitrogen and oxygen atoms in total. The zero-order valence-corrected chi connectivity index (χ0v) is 19.3. The molecule has 0 aromatic carbocycles. The number of imide groups is 2. The molecule has 0 bridgehead atoms. The summed E-state index contributed by atoms with van der Waals surface area (Å²) in [6.45, 7) is 9.73. The first-order valence-electron chi connectivity index (χ1n) is 11.1. The van der Waals surface area contributed by atoms with Gasteiger partial charge in [0.1, 0.15) is 0 Å². The molecule has 34 heavy (non-hydrogen) atoms. The summed E-state index contributed by atoms with van der Waals surface area (Å²) in [6.07, 6.45) is 0.00471. The second kappa shape index (κ2) is 12.8. The predicted octanol–water partition coefficient (Wildman–Crippen LogP) is -2.11. The maximum atomic E-state index is 12.0. The highest BCUT2D eigenvalue weighted by Gasteiger charge is 2.33. The molecule has 0 aromatic rings. The van der Waals surface area contributed by atoms with E-state index >= 15 is 0 Å². The van der Waals surface area contributed by atoms with Gasteiger partial charge in [0.25, 0.3) is 11.8 Å². The van der Waals surface area contributed by atoms with Crippen LogP contribution < -0.4 is 16.4 Å². The second-order valence-electron chi connectivity index (χ2n) is 8.09. The summed E-state index contributed by atoms with van der Waals surface area (Å²) >= 11 is 0. The van der Waals surface area contributed by atoms with E-state index in [1.54, 1.807) is 0 Å². The van der Waals surface area contributed by atoms with Crippen molar-refractivity contribution < 1.29 is 28.8 Å². The van der Waals surface area contributed by atoms with Crippen LogP contribution in [0.5, 0.6) is 0 Å². The Hall–Kier alpha value is -3.38. The number of carbonyl (C=O) groups is 6. The summed E-state index contributed by atoms with van der Waals surface area (Å²) in [5, 5.41) is 5.48. The van der Waals surface area contributed by atoms with Crippen molar-refractivity contribution in [3.8, 4) is 0 Å². The van der Waals surface area contributed by atoms with Crippen LogP contribution in [0.2, 0.25) is 0 Å². The Morgan fingerprint density at radius 2 is 1.21 bits per heavy atom. The van der Waals surface area contributed by atoms with Gasteiger partial charge in [-0.2, -0.15) is 0 Å². The molecular weight excluding hydrogens is 444 g/mol. The molecular formula is C22H32N6O6. The topological polar surface area (TPSA) is 162 Å². The van der Waals surface area contributed by atoms with Crippen LogP contribution in [0.25, 0.3) is 0 Å². The maximum Gasteiger partial charge on any atom is 0.256 e. The van der Waals surface area contributed by atoms with Gasteiger partial charge in [-0.05, 0) is 0 Å². The summed E-state index contributed by atoms with van der Waals surface area (Å²) in [7, 11) is 0. The lowest BCUT2D eigenvalue weighted by Crippen LogP contribution is -2.42. The first-order chi connectivity index (χ1) is 16.1. The van der Waals surface area contributed by atoms with Crippen molar-refractivity contribution in [3.05, 3.63) is 24.3 Å². The number of amides is 6. The number of hydrogen-bond acceptors (Lipinski definition) is 8. The standard InChI is InChI=1S/C22H32N6O6/c1-15-13-19(31)27(21(15)33)8-3-17(29)24-6-11-26(10-5-23)12-7-25-18(30)4-9-28-20(32)14-16(2)22(28)34/h1-14,23H2,(H,24,29)(H,25,30). The summed E-state index contributed by atoms with van der Waals surface area (Å²) in [4.78, 5) is 75.1. The lowest BCUT2D eigenvalue weighted by atomic mass is 10.3. The quantitative estimate of drug-likeness (QED) is 0.189. The van der Waals surface area contributed by atoms with Gasteiger partial charge in [0.15, 0.2) is 0 Å². The average molecular weight is 477 g/mol. The SMILES string of the molecule is C=C1CC(=O)N(CCC(=O)NCCN(CCN)CCNC(=O)CCN2C(=O)CC(=C)C2=O)C1=O. The van der Waals surface area contributed by atoms with Crippen molar-refractivity contribution in [2.24, 2.45) is 5.73 Å². The Morgan fingerprint density at radius 3 is 1.53 bits per heavy atom. The van der Waals surface area contributed by atoms with E-state index in [1.165, 1.54) is 0 Å². The molecule has 2 fully saturated rings. The van der Waals surface area contributed by atoms with Gasteiger partial charge in [-0.15, -0.1) is 0 Å². The van der Waals surface area contributed by atoms with Crippen molar-refractivity contribution in [2.75, 3.05) is 52.4 Å². The number of rotatable bonds is 14. The fourth-order valence-corrected chi connectivity index (χ4v) is 3.60. The Labute approximate surface area is 198 Å². The molecule has 0 radical (unpaired) electrons. The molecule has 0 unspecified atom stereocenters. The first-order valence-corrected chi connectivity index (χ1v) is 11.1. The highest BCUT2D eigenvalue weighted by atomic mass is 16.2. The molecule has 0 aliphatic carbocycles. The van der Waals surface area contributed by atoms with E-state index in [9.17, 15) is 28.8 Å². The normalized spacial score (nSPS) is 16.3. The Kier molecular flexibility index (Phi) is 10.1. The molecule has 6 amide bonds. The van der Waals surface area contributed by atoms with E-state index in [1.807, 2.05) is 4.90 Å². The van der Waals surface area contributed by atoms with Crippen LogP contribution in [-0.2, 0) is 28.8 Å². The molecule has 0 atom stereocenters. The molecule has 0 aromatic heterocycles. The van der Waals surface area contributed by atoms with E-state index < -0.39 is 11.8 Å². The van der Waals surface area contributed by atoms with E-state index in [0.717, 1.165) is 9.80 Å². The van der Waals surface area contributed by atoms with Gasteiger partial charge in [0, 0.05) is 76.3 Å². The molecule has 0 spiro atoms. The number of nitrogens with two attached hydrogens (primary N) is 1. The van der Waals surface area contributed by atoms with E-state index in [-0.39, 0.29) is 73.5 Å². The Bertz CT molecular complexity index is 817. The number of carbonyl (C=O) groups excluding carboxylic acids is 6. The Balaban J connectivity index is 1.62. The molecule has 2 heterocycles. The van der Waals surface area contributed by atoms with E-state index in [0.29, 0.717) is 39.3 Å². The minimum atomic E-state index is -0.432. The van der Waals surface area contributed by atoms with Crippen molar-refractivity contribution in [1.82, 2.24) is 25.3 Å². The van der Waals surface area contributed by atoms with Crippen LogP contribution in [0.4, 0.5) is 0 Å². The van der Waals surface area contributed by atoms with Gasteiger partial charge in [-0.3, -0.25) is 43.5 Å². The average Bonchev–Trinajstić information content (AvgIpc) is 3.17. The molecule has 2 aliphatic heterocycles. The fraction of sp³-hybridized carbons (Fsp3) is 0.545. The summed E-state index contributed by atoms with van der Waals surface area (Å²) in [5.41, 5.74) is 6.10. The van der Waals surface area contributed by atoms with E-state index in [4.69, 9.17) is 5.73 Å². The smallest absolute Gasteiger partial charge is 0.256 e. The van der Waals surface area contributed by atoms with Gasteiger partial charge in [-0.1, -0.05) is 13.2 Å². The minimum absolute atomic E-state index is 0.00466. The van der Waals surface area contributed by atoms with Crippen molar-refractivity contribution in [1.29, 1.82) is 0 Å². The number of nitrogens with one attached hydrogen (secondary N) is 2. The van der Waals surface area contributed by atoms with Crippen LogP contribution >= 0.6 is 0 Å². The molecule has 186 valence electrons. The lowest BCUT2D eigenvalue weighted by Gasteiger charge is -2.22. The van der Waals surface area contributed by atoms with Crippen molar-refractivity contribution >= 4 is 35.4 Å². The first kappa shape index (κ1) is 26.9. The highest BCUT2D eigenvalue weighted by molar-refractivity contribution is 6.13. The third-order valence-electron chi connectivity index (χ3n) is 5.50. The monoisotopic (exact) mass is 476 g/mol. The van der Waals surface area contributed by atoms with Gasteiger partial charge in [-0.25, -0.2) is 0 Å². The zero-order chi connectivity index (χ0) is 25.3. The summed E-state index contributed by atoms with van der Waals surface area (Å²) in [6, 6.07) is 0.